The Hall–Kier alpha value is -3.79. The Balaban J connectivity index is 1.26. The molecule has 0 aliphatic carbocycles. The second-order valence-electron chi connectivity index (χ2n) is 9.76. The first-order chi connectivity index (χ1) is 19.5. The van der Waals surface area contributed by atoms with Crippen LogP contribution in [0.3, 0.4) is 0 Å². The van der Waals surface area contributed by atoms with E-state index in [2.05, 4.69) is 0 Å². The largest absolute Gasteiger partial charge is 0.482 e. The van der Waals surface area contributed by atoms with Gasteiger partial charge in [0.15, 0.2) is 11.9 Å². The Bertz CT molecular complexity index is 1200. The van der Waals surface area contributed by atoms with Crippen LogP contribution in [-0.4, -0.2) is 72.5 Å². The molecule has 0 saturated carbocycles. The second kappa shape index (κ2) is 14.6. The molecule has 2 heterocycles. The molecule has 4 rings (SSSR count). The standard InChI is InChI=1S/C31H35NO8/c1-22(30(35)32-25(20-39-31(32)36)17-23-9-4-2-5-10-23)29-28(34)15-14-26(40-29)13-8-16-37-21-27(18-33)38-19-24-11-6-3-7-12-24/h2-7,9-15,22,25,27,29,33H,8,16-21H2,1H3/t22-,25-,27+,29-/m0/s1. The van der Waals surface area contributed by atoms with Gasteiger partial charge in [-0.05, 0) is 49.1 Å². The summed E-state index contributed by atoms with van der Waals surface area (Å²) in [6.07, 6.45) is 3.44. The van der Waals surface area contributed by atoms with Crippen LogP contribution >= 0.6 is 0 Å². The molecular weight excluding hydrogens is 514 g/mol. The number of nitrogens with zero attached hydrogens (tertiary/aromatic N) is 1. The molecule has 2 aliphatic heterocycles. The Morgan fingerprint density at radius 2 is 1.77 bits per heavy atom. The molecule has 2 aromatic rings. The first kappa shape index (κ1) is 29.2. The quantitative estimate of drug-likeness (QED) is 0.377. The first-order valence-corrected chi connectivity index (χ1v) is 13.4. The fourth-order valence-electron chi connectivity index (χ4n) is 4.52. The molecule has 4 atom stereocenters. The summed E-state index contributed by atoms with van der Waals surface area (Å²) in [5, 5.41) is 9.56. The van der Waals surface area contributed by atoms with Crippen LogP contribution in [0, 0.1) is 5.92 Å². The van der Waals surface area contributed by atoms with Gasteiger partial charge in [0.1, 0.15) is 18.5 Å². The molecule has 2 aliphatic rings. The highest BCUT2D eigenvalue weighted by Crippen LogP contribution is 2.25. The van der Waals surface area contributed by atoms with Gasteiger partial charge in [-0.25, -0.2) is 9.69 Å². The van der Waals surface area contributed by atoms with Gasteiger partial charge in [0.25, 0.3) is 0 Å². The summed E-state index contributed by atoms with van der Waals surface area (Å²) in [5.41, 5.74) is 1.99. The van der Waals surface area contributed by atoms with Gasteiger partial charge in [0.05, 0.1) is 38.4 Å². The van der Waals surface area contributed by atoms with Crippen LogP contribution in [0.25, 0.3) is 0 Å². The van der Waals surface area contributed by atoms with Crippen LogP contribution in [0.5, 0.6) is 0 Å². The fourth-order valence-corrected chi connectivity index (χ4v) is 4.52. The van der Waals surface area contributed by atoms with Crippen LogP contribution < -0.4 is 0 Å². The zero-order valence-corrected chi connectivity index (χ0v) is 22.5. The number of hydrogen-bond acceptors (Lipinski definition) is 8. The van der Waals surface area contributed by atoms with Crippen molar-refractivity contribution in [3.63, 3.8) is 0 Å². The van der Waals surface area contributed by atoms with E-state index in [1.165, 1.54) is 6.08 Å². The highest BCUT2D eigenvalue weighted by molar-refractivity contribution is 6.01. The van der Waals surface area contributed by atoms with Crippen molar-refractivity contribution in [3.05, 3.63) is 95.8 Å². The molecule has 40 heavy (non-hydrogen) atoms. The van der Waals surface area contributed by atoms with Crippen LogP contribution in [0.1, 0.15) is 24.5 Å². The van der Waals surface area contributed by atoms with E-state index in [0.29, 0.717) is 31.8 Å². The summed E-state index contributed by atoms with van der Waals surface area (Å²) < 4.78 is 22.4. The number of imide groups is 1. The number of ketones is 1. The molecule has 2 aromatic carbocycles. The lowest BCUT2D eigenvalue weighted by Crippen LogP contribution is -2.48. The third-order valence-corrected chi connectivity index (χ3v) is 6.76. The monoisotopic (exact) mass is 549 g/mol. The molecule has 1 saturated heterocycles. The maximum atomic E-state index is 13.3. The van der Waals surface area contributed by atoms with E-state index >= 15 is 0 Å². The maximum Gasteiger partial charge on any atom is 0.416 e. The van der Waals surface area contributed by atoms with Crippen molar-refractivity contribution in [2.45, 2.75) is 44.6 Å². The Morgan fingerprint density at radius 1 is 1.07 bits per heavy atom. The lowest BCUT2D eigenvalue weighted by molar-refractivity contribution is -0.142. The SMILES string of the molecule is C[C@H](C(=O)N1C(=O)OC[C@@H]1Cc1ccccc1)[C@@H]1OC(=CCCOC[C@@H](CO)OCc2ccccc2)C=CC1=O. The molecule has 0 aromatic heterocycles. The lowest BCUT2D eigenvalue weighted by Gasteiger charge is -2.29. The van der Waals surface area contributed by atoms with Gasteiger partial charge in [-0.15, -0.1) is 0 Å². The van der Waals surface area contributed by atoms with Crippen molar-refractivity contribution in [1.82, 2.24) is 4.90 Å². The predicted octanol–water partition coefficient (Wildman–Crippen LogP) is 3.61. The minimum atomic E-state index is -1.06. The summed E-state index contributed by atoms with van der Waals surface area (Å²) in [6, 6.07) is 18.8. The topological polar surface area (TPSA) is 112 Å². The minimum absolute atomic E-state index is 0.102. The molecule has 9 nitrogen and oxygen atoms in total. The van der Waals surface area contributed by atoms with Gasteiger partial charge in [-0.2, -0.15) is 0 Å². The van der Waals surface area contributed by atoms with Crippen LogP contribution in [0.2, 0.25) is 0 Å². The molecule has 0 radical (unpaired) electrons. The summed E-state index contributed by atoms with van der Waals surface area (Å²) >= 11 is 0. The molecule has 0 unspecified atom stereocenters. The number of cyclic esters (lactones) is 1. The van der Waals surface area contributed by atoms with Crippen molar-refractivity contribution >= 4 is 17.8 Å². The van der Waals surface area contributed by atoms with Crippen LogP contribution in [-0.2, 0) is 41.6 Å². The molecule has 1 fully saturated rings. The zero-order valence-electron chi connectivity index (χ0n) is 22.5. The average molecular weight is 550 g/mol. The van der Waals surface area contributed by atoms with Crippen molar-refractivity contribution in [3.8, 4) is 0 Å². The number of carbonyl (C=O) groups excluding carboxylic acids is 3. The van der Waals surface area contributed by atoms with Gasteiger partial charge < -0.3 is 24.1 Å². The molecule has 1 N–H and O–H groups in total. The van der Waals surface area contributed by atoms with E-state index in [1.807, 2.05) is 60.7 Å². The predicted molar refractivity (Wildman–Crippen MR) is 146 cm³/mol. The normalized spacial score (nSPS) is 21.2. The van der Waals surface area contributed by atoms with E-state index < -0.39 is 36.2 Å². The molecule has 212 valence electrons. The van der Waals surface area contributed by atoms with Crippen molar-refractivity contribution < 1.29 is 38.4 Å². The third kappa shape index (κ3) is 7.88. The van der Waals surface area contributed by atoms with E-state index in [4.69, 9.17) is 18.9 Å². The van der Waals surface area contributed by atoms with Gasteiger partial charge in [-0.1, -0.05) is 60.7 Å². The first-order valence-electron chi connectivity index (χ1n) is 13.4. The Kier molecular flexibility index (Phi) is 10.6. The van der Waals surface area contributed by atoms with Crippen LogP contribution in [0.15, 0.2) is 84.7 Å². The van der Waals surface area contributed by atoms with Crippen molar-refractivity contribution in [2.24, 2.45) is 5.92 Å². The molecule has 0 bridgehead atoms. The molecule has 9 heteroatoms. The van der Waals surface area contributed by atoms with E-state index in [1.54, 1.807) is 19.1 Å². The summed E-state index contributed by atoms with van der Waals surface area (Å²) in [4.78, 5) is 39.5. The molecule has 2 amide bonds. The number of ether oxygens (including phenoxy) is 4. The number of rotatable bonds is 13. The number of carbonyl (C=O) groups is 3. The average Bonchev–Trinajstić information content (AvgIpc) is 3.34. The van der Waals surface area contributed by atoms with Gasteiger partial charge in [-0.3, -0.25) is 9.59 Å². The smallest absolute Gasteiger partial charge is 0.416 e. The van der Waals surface area contributed by atoms with E-state index in [-0.39, 0.29) is 25.6 Å². The van der Waals surface area contributed by atoms with Crippen LogP contribution in [0.4, 0.5) is 4.79 Å². The summed E-state index contributed by atoms with van der Waals surface area (Å²) in [6.45, 7) is 2.48. The number of hydrogen-bond donors (Lipinski definition) is 1. The third-order valence-electron chi connectivity index (χ3n) is 6.76. The van der Waals surface area contributed by atoms with Gasteiger partial charge in [0, 0.05) is 0 Å². The number of aliphatic hydroxyl groups is 1. The second-order valence-corrected chi connectivity index (χ2v) is 9.76. The highest BCUT2D eigenvalue weighted by Gasteiger charge is 2.43. The Labute approximate surface area is 234 Å². The number of amides is 2. The van der Waals surface area contributed by atoms with Crippen molar-refractivity contribution in [1.29, 1.82) is 0 Å². The van der Waals surface area contributed by atoms with E-state index in [0.717, 1.165) is 16.0 Å². The Morgan fingerprint density at radius 3 is 2.48 bits per heavy atom. The van der Waals surface area contributed by atoms with Gasteiger partial charge in [0.2, 0.25) is 5.91 Å². The number of benzene rings is 2. The fraction of sp³-hybridized carbons (Fsp3) is 0.387. The summed E-state index contributed by atoms with van der Waals surface area (Å²) in [5.74, 6) is -1.31. The lowest BCUT2D eigenvalue weighted by atomic mass is 9.96. The minimum Gasteiger partial charge on any atom is -0.482 e. The summed E-state index contributed by atoms with van der Waals surface area (Å²) in [7, 11) is 0. The highest BCUT2D eigenvalue weighted by atomic mass is 16.6. The number of aliphatic hydroxyl groups excluding tert-OH is 1. The molecule has 0 spiro atoms. The molecular formula is C31H35NO8. The number of allylic oxidation sites excluding steroid dienone is 1. The van der Waals surface area contributed by atoms with Gasteiger partial charge >= 0.3 is 6.09 Å². The maximum absolute atomic E-state index is 13.3. The van der Waals surface area contributed by atoms with Crippen molar-refractivity contribution in [2.75, 3.05) is 26.4 Å². The zero-order chi connectivity index (χ0) is 28.3. The van der Waals surface area contributed by atoms with E-state index in [9.17, 15) is 19.5 Å².